The van der Waals surface area contributed by atoms with E-state index >= 15 is 0 Å². The molecule has 0 aliphatic heterocycles. The first-order valence-corrected chi connectivity index (χ1v) is 7.44. The monoisotopic (exact) mass is 310 g/mol. The van der Waals surface area contributed by atoms with Crippen LogP contribution >= 0.6 is 0 Å². The smallest absolute Gasteiger partial charge is 0.234 e. The Morgan fingerprint density at radius 3 is 2.55 bits per heavy atom. The summed E-state index contributed by atoms with van der Waals surface area (Å²) < 4.78 is 10.4. The highest BCUT2D eigenvalue weighted by Gasteiger charge is 2.09. The number of nitrogens with one attached hydrogen (secondary N) is 2. The minimum Gasteiger partial charge on any atom is -0.491 e. The molecule has 0 heterocycles. The molecule has 0 saturated heterocycles. The zero-order chi connectivity index (χ0) is 16.4. The van der Waals surface area contributed by atoms with E-state index < -0.39 is 6.10 Å². The molecule has 3 N–H and O–H groups in total. The van der Waals surface area contributed by atoms with Crippen LogP contribution in [0.15, 0.2) is 24.3 Å². The quantitative estimate of drug-likeness (QED) is 0.559. The van der Waals surface area contributed by atoms with Crippen LogP contribution in [0.1, 0.15) is 25.5 Å². The Kier molecular flexibility index (Phi) is 8.50. The summed E-state index contributed by atoms with van der Waals surface area (Å²) in [5.41, 5.74) is 0.740. The number of aliphatic hydroxyl groups is 1. The fourth-order valence-corrected chi connectivity index (χ4v) is 1.81. The number of carbonyl (C=O) groups excluding carboxylic acids is 1. The average Bonchev–Trinajstić information content (AvgIpc) is 2.49. The van der Waals surface area contributed by atoms with Gasteiger partial charge in [-0.25, -0.2) is 0 Å². The maximum atomic E-state index is 11.6. The third-order valence-electron chi connectivity index (χ3n) is 2.90. The van der Waals surface area contributed by atoms with Gasteiger partial charge in [-0.1, -0.05) is 12.1 Å². The number of methoxy groups -OCH3 is 1. The first kappa shape index (κ1) is 18.4. The molecule has 6 heteroatoms. The van der Waals surface area contributed by atoms with Gasteiger partial charge in [-0.05, 0) is 31.5 Å². The lowest BCUT2D eigenvalue weighted by molar-refractivity contribution is -0.120. The van der Waals surface area contributed by atoms with Crippen molar-refractivity contribution in [1.82, 2.24) is 10.6 Å². The van der Waals surface area contributed by atoms with Crippen LogP contribution in [0, 0.1) is 0 Å². The average molecular weight is 310 g/mol. The number of amides is 1. The molecule has 0 bridgehead atoms. The summed E-state index contributed by atoms with van der Waals surface area (Å²) in [5.74, 6) is 0.604. The van der Waals surface area contributed by atoms with Crippen molar-refractivity contribution in [3.05, 3.63) is 29.8 Å². The summed E-state index contributed by atoms with van der Waals surface area (Å²) in [7, 11) is 1.61. The van der Waals surface area contributed by atoms with Gasteiger partial charge in [0, 0.05) is 20.2 Å². The Labute approximate surface area is 131 Å². The van der Waals surface area contributed by atoms with E-state index in [4.69, 9.17) is 9.47 Å². The topological polar surface area (TPSA) is 79.8 Å². The van der Waals surface area contributed by atoms with Crippen LogP contribution in [0.2, 0.25) is 0 Å². The summed E-state index contributed by atoms with van der Waals surface area (Å²) in [6.07, 6.45) is -0.628. The Morgan fingerprint density at radius 1 is 1.27 bits per heavy atom. The van der Waals surface area contributed by atoms with Gasteiger partial charge in [-0.3, -0.25) is 4.79 Å². The molecule has 0 aliphatic carbocycles. The van der Waals surface area contributed by atoms with Crippen LogP contribution in [0.3, 0.4) is 0 Å². The Balaban J connectivity index is 2.32. The molecule has 0 fully saturated rings. The molecule has 1 amide bonds. The van der Waals surface area contributed by atoms with E-state index in [0.29, 0.717) is 13.2 Å². The van der Waals surface area contributed by atoms with Gasteiger partial charge >= 0.3 is 0 Å². The molecule has 1 rings (SSSR count). The van der Waals surface area contributed by atoms with Crippen LogP contribution < -0.4 is 15.4 Å². The summed E-state index contributed by atoms with van der Waals surface area (Å²) in [6, 6.07) is 7.22. The summed E-state index contributed by atoms with van der Waals surface area (Å²) >= 11 is 0. The van der Waals surface area contributed by atoms with Crippen molar-refractivity contribution in [2.75, 3.05) is 33.4 Å². The van der Waals surface area contributed by atoms with Crippen molar-refractivity contribution in [2.45, 2.75) is 26.1 Å². The van der Waals surface area contributed by atoms with E-state index in [2.05, 4.69) is 10.6 Å². The maximum Gasteiger partial charge on any atom is 0.234 e. The van der Waals surface area contributed by atoms with Gasteiger partial charge < -0.3 is 25.2 Å². The highest BCUT2D eigenvalue weighted by Crippen LogP contribution is 2.18. The zero-order valence-corrected chi connectivity index (χ0v) is 13.5. The second-order valence-electron chi connectivity index (χ2n) is 5.23. The number of rotatable bonds is 10. The van der Waals surface area contributed by atoms with Gasteiger partial charge in [0.25, 0.3) is 0 Å². The highest BCUT2D eigenvalue weighted by atomic mass is 16.5. The summed E-state index contributed by atoms with van der Waals surface area (Å²) in [4.78, 5) is 11.6. The van der Waals surface area contributed by atoms with Gasteiger partial charge in [-0.15, -0.1) is 0 Å². The van der Waals surface area contributed by atoms with Crippen LogP contribution in [-0.2, 0) is 9.53 Å². The van der Waals surface area contributed by atoms with Crippen molar-refractivity contribution < 1.29 is 19.4 Å². The molecule has 0 spiro atoms. The largest absolute Gasteiger partial charge is 0.491 e. The second kappa shape index (κ2) is 10.2. The molecule has 124 valence electrons. The van der Waals surface area contributed by atoms with Gasteiger partial charge in [0.1, 0.15) is 5.75 Å². The fourth-order valence-electron chi connectivity index (χ4n) is 1.81. The molecule has 22 heavy (non-hydrogen) atoms. The van der Waals surface area contributed by atoms with Crippen molar-refractivity contribution in [3.8, 4) is 5.75 Å². The summed E-state index contributed by atoms with van der Waals surface area (Å²) in [6.45, 7) is 5.47. The van der Waals surface area contributed by atoms with Crippen molar-refractivity contribution in [2.24, 2.45) is 0 Å². The highest BCUT2D eigenvalue weighted by molar-refractivity contribution is 5.78. The van der Waals surface area contributed by atoms with Crippen molar-refractivity contribution >= 4 is 5.91 Å². The molecule has 1 atom stereocenters. The minimum atomic E-state index is -0.740. The standard InChI is InChI=1S/C16H26N2O4/c1-12(2)22-14-6-4-13(5-7-14)15(19)10-18-16(20)11-17-8-9-21-3/h4-7,12,15,17,19H,8-11H2,1-3H3,(H,18,20). The normalized spacial score (nSPS) is 12.2. The van der Waals surface area contributed by atoms with E-state index in [1.54, 1.807) is 19.2 Å². The number of aliphatic hydroxyl groups excluding tert-OH is 1. The Morgan fingerprint density at radius 2 is 1.95 bits per heavy atom. The van der Waals surface area contributed by atoms with Crippen LogP contribution in [0.4, 0.5) is 0 Å². The predicted octanol–water partition coefficient (Wildman–Crippen LogP) is 0.859. The lowest BCUT2D eigenvalue weighted by atomic mass is 10.1. The predicted molar refractivity (Wildman–Crippen MR) is 84.9 cm³/mol. The molecule has 0 radical (unpaired) electrons. The van der Waals surface area contributed by atoms with E-state index in [-0.39, 0.29) is 25.1 Å². The van der Waals surface area contributed by atoms with Gasteiger partial charge in [0.2, 0.25) is 5.91 Å². The Hall–Kier alpha value is -1.63. The van der Waals surface area contributed by atoms with E-state index in [9.17, 15) is 9.90 Å². The summed E-state index contributed by atoms with van der Waals surface area (Å²) in [5, 5.41) is 15.7. The molecule has 6 nitrogen and oxygen atoms in total. The third kappa shape index (κ3) is 7.40. The third-order valence-corrected chi connectivity index (χ3v) is 2.90. The molecule has 0 aromatic heterocycles. The molecule has 0 aliphatic rings. The number of benzene rings is 1. The minimum absolute atomic E-state index is 0.112. The van der Waals surface area contributed by atoms with E-state index in [1.807, 2.05) is 26.0 Å². The SMILES string of the molecule is COCCNCC(=O)NCC(O)c1ccc(OC(C)C)cc1. The molecule has 1 unspecified atom stereocenters. The lowest BCUT2D eigenvalue weighted by Gasteiger charge is -2.14. The fraction of sp³-hybridized carbons (Fsp3) is 0.562. The van der Waals surface area contributed by atoms with Crippen LogP contribution in [-0.4, -0.2) is 50.5 Å². The molecular weight excluding hydrogens is 284 g/mol. The van der Waals surface area contributed by atoms with Gasteiger partial charge in [0.15, 0.2) is 0 Å². The number of hydrogen-bond donors (Lipinski definition) is 3. The first-order chi connectivity index (χ1) is 10.5. The number of carbonyl (C=O) groups is 1. The number of ether oxygens (including phenoxy) is 2. The van der Waals surface area contributed by atoms with Crippen molar-refractivity contribution in [3.63, 3.8) is 0 Å². The molecular formula is C16H26N2O4. The zero-order valence-electron chi connectivity index (χ0n) is 13.5. The second-order valence-corrected chi connectivity index (χ2v) is 5.23. The Bertz CT molecular complexity index is 434. The maximum absolute atomic E-state index is 11.6. The molecule has 1 aromatic rings. The molecule has 0 saturated carbocycles. The van der Waals surface area contributed by atoms with Crippen molar-refractivity contribution in [1.29, 1.82) is 0 Å². The number of hydrogen-bond acceptors (Lipinski definition) is 5. The van der Waals surface area contributed by atoms with Gasteiger partial charge in [-0.2, -0.15) is 0 Å². The van der Waals surface area contributed by atoms with Crippen LogP contribution in [0.25, 0.3) is 0 Å². The first-order valence-electron chi connectivity index (χ1n) is 7.44. The van der Waals surface area contributed by atoms with Gasteiger partial charge in [0.05, 0.1) is 25.4 Å². The van der Waals surface area contributed by atoms with E-state index in [1.165, 1.54) is 0 Å². The van der Waals surface area contributed by atoms with E-state index in [0.717, 1.165) is 11.3 Å². The van der Waals surface area contributed by atoms with Crippen LogP contribution in [0.5, 0.6) is 5.75 Å². The lowest BCUT2D eigenvalue weighted by Crippen LogP contribution is -2.37. The molecule has 1 aromatic carbocycles.